The molecule has 2 heterocycles. The van der Waals surface area contributed by atoms with Crippen LogP contribution in [0.3, 0.4) is 0 Å². The molecule has 0 saturated heterocycles. The first-order chi connectivity index (χ1) is 19.7. The zero-order valence-electron chi connectivity index (χ0n) is 23.2. The van der Waals surface area contributed by atoms with Gasteiger partial charge in [0.2, 0.25) is 0 Å². The first kappa shape index (κ1) is 28.2. The van der Waals surface area contributed by atoms with Crippen molar-refractivity contribution in [2.24, 2.45) is 0 Å². The Balaban J connectivity index is 0.00000337. The largest absolute Gasteiger partial charge is 0.399 e. The van der Waals surface area contributed by atoms with Crippen LogP contribution in [0, 0.1) is 0 Å². The first-order valence-corrected chi connectivity index (χ1v) is 14.3. The van der Waals surface area contributed by atoms with E-state index in [4.69, 9.17) is 21.4 Å². The molecule has 0 saturated carbocycles. The van der Waals surface area contributed by atoms with Crippen LogP contribution in [0.15, 0.2) is 84.9 Å². The van der Waals surface area contributed by atoms with E-state index in [2.05, 4.69) is 59.2 Å². The van der Waals surface area contributed by atoms with Crippen LogP contribution in [-0.4, -0.2) is 23.1 Å². The van der Waals surface area contributed by atoms with Crippen molar-refractivity contribution in [3.63, 3.8) is 0 Å². The number of hydrogen-bond donors (Lipinski definition) is 4. The van der Waals surface area contributed by atoms with Gasteiger partial charge in [0.25, 0.3) is 0 Å². The summed E-state index contributed by atoms with van der Waals surface area (Å²) in [6, 6.07) is 28.6. The van der Waals surface area contributed by atoms with E-state index >= 15 is 0 Å². The van der Waals surface area contributed by atoms with E-state index in [0.29, 0.717) is 0 Å². The number of aromatic nitrogens is 2. The summed E-state index contributed by atoms with van der Waals surface area (Å²) in [4.78, 5) is 9.62. The molecule has 2 aromatic heterocycles. The molecule has 6 rings (SSSR count). The van der Waals surface area contributed by atoms with Gasteiger partial charge in [-0.1, -0.05) is 62.1 Å². The predicted molar refractivity (Wildman–Crippen MR) is 179 cm³/mol. The monoisotopic (exact) mass is 564 g/mol. The van der Waals surface area contributed by atoms with Crippen LogP contribution < -0.4 is 22.1 Å². The van der Waals surface area contributed by atoms with Crippen molar-refractivity contribution < 1.29 is 0 Å². The third kappa shape index (κ3) is 6.23. The topological polar surface area (TPSA) is 102 Å². The second kappa shape index (κ2) is 12.9. The molecule has 0 aliphatic rings. The molecular weight excluding hydrogens is 528 g/mol. The molecule has 0 bridgehead atoms. The maximum Gasteiger partial charge on any atom is 0.0751 e. The van der Waals surface area contributed by atoms with Crippen LogP contribution in [0.1, 0.15) is 38.5 Å². The lowest BCUT2D eigenvalue weighted by molar-refractivity contribution is 0.610. The molecule has 0 aliphatic carbocycles. The quantitative estimate of drug-likeness (QED) is 0.0714. The Bertz CT molecular complexity index is 1670. The molecule has 4 aromatic carbocycles. The molecule has 0 atom stereocenters. The Hall–Kier alpha value is -4.29. The lowest BCUT2D eigenvalue weighted by atomic mass is 10.1. The second-order valence-electron chi connectivity index (χ2n) is 10.5. The van der Waals surface area contributed by atoms with E-state index in [1.165, 1.54) is 25.7 Å². The Labute approximate surface area is 247 Å². The Morgan fingerprint density at radius 3 is 1.32 bits per heavy atom. The lowest BCUT2D eigenvalue weighted by Crippen LogP contribution is -2.04. The predicted octanol–water partition coefficient (Wildman–Crippen LogP) is 8.54. The number of nitrogens with zero attached hydrogens (tertiary/aromatic N) is 2. The number of unbranched alkanes of at least 4 members (excludes halogenated alkanes) is 5. The Morgan fingerprint density at radius 1 is 0.463 bits per heavy atom. The third-order valence-electron chi connectivity index (χ3n) is 7.62. The van der Waals surface area contributed by atoms with Crippen LogP contribution in [0.5, 0.6) is 0 Å². The molecule has 6 aromatic rings. The molecule has 0 spiro atoms. The fraction of sp³-hybridized carbons (Fsp3) is 0.235. The molecule has 0 fully saturated rings. The number of hydrogen-bond acceptors (Lipinski definition) is 6. The van der Waals surface area contributed by atoms with E-state index in [9.17, 15) is 0 Å². The summed E-state index contributed by atoms with van der Waals surface area (Å²) >= 11 is 0. The normalized spacial score (nSPS) is 11.2. The van der Waals surface area contributed by atoms with Gasteiger partial charge in [-0.15, -0.1) is 12.4 Å². The fourth-order valence-electron chi connectivity index (χ4n) is 5.58. The van der Waals surface area contributed by atoms with Crippen molar-refractivity contribution in [1.82, 2.24) is 9.97 Å². The molecule has 41 heavy (non-hydrogen) atoms. The highest BCUT2D eigenvalue weighted by molar-refractivity contribution is 6.09. The van der Waals surface area contributed by atoms with Gasteiger partial charge in [0.05, 0.1) is 33.4 Å². The SMILES string of the molecule is Cl.Nc1ccc2c(NCCCCCCCCNc3c4ccccc4nc4cc(N)ccc34)c3ccccc3nc2c1. The summed E-state index contributed by atoms with van der Waals surface area (Å²) in [5.74, 6) is 0. The summed E-state index contributed by atoms with van der Waals surface area (Å²) in [5.41, 5.74) is 19.7. The lowest BCUT2D eigenvalue weighted by Gasteiger charge is -2.14. The van der Waals surface area contributed by atoms with Gasteiger partial charge < -0.3 is 22.1 Å². The minimum Gasteiger partial charge on any atom is -0.399 e. The van der Waals surface area contributed by atoms with Crippen molar-refractivity contribution in [3.05, 3.63) is 84.9 Å². The van der Waals surface area contributed by atoms with Gasteiger partial charge in [-0.25, -0.2) is 9.97 Å². The summed E-state index contributed by atoms with van der Waals surface area (Å²) in [5, 5.41) is 12.0. The standard InChI is InChI=1S/C34H36N6.ClH/c35-23-15-17-27-31(21-23)39-29-13-7-5-11-25(29)33(27)37-19-9-3-1-2-4-10-20-38-34-26-12-6-8-14-30(26)40-32-22-24(36)16-18-28(32)34;/h5-8,11-18,21-22H,1-4,9-10,19-20,35-36H2,(H,37,39)(H,38,40);1H. The van der Waals surface area contributed by atoms with Gasteiger partial charge in [0.15, 0.2) is 0 Å². The number of nitrogens with two attached hydrogens (primary N) is 2. The van der Waals surface area contributed by atoms with Crippen molar-refractivity contribution in [2.75, 3.05) is 35.2 Å². The second-order valence-corrected chi connectivity index (χ2v) is 10.5. The van der Waals surface area contributed by atoms with Crippen LogP contribution in [0.4, 0.5) is 22.7 Å². The highest BCUT2D eigenvalue weighted by Gasteiger charge is 2.10. The van der Waals surface area contributed by atoms with Gasteiger partial charge in [-0.05, 0) is 61.4 Å². The van der Waals surface area contributed by atoms with Crippen molar-refractivity contribution >= 4 is 78.8 Å². The molecule has 6 nitrogen and oxygen atoms in total. The number of fused-ring (bicyclic) bond motifs is 4. The smallest absolute Gasteiger partial charge is 0.0751 e. The summed E-state index contributed by atoms with van der Waals surface area (Å²) in [6.07, 6.45) is 7.21. The molecular formula is C34H37ClN6. The third-order valence-corrected chi connectivity index (χ3v) is 7.62. The summed E-state index contributed by atoms with van der Waals surface area (Å²) in [7, 11) is 0. The minimum atomic E-state index is 0. The maximum absolute atomic E-state index is 6.02. The maximum atomic E-state index is 6.02. The van der Waals surface area contributed by atoms with Crippen LogP contribution in [-0.2, 0) is 0 Å². The molecule has 0 radical (unpaired) electrons. The van der Waals surface area contributed by atoms with Gasteiger partial charge in [-0.3, -0.25) is 0 Å². The molecule has 7 heteroatoms. The Kier molecular flexibility index (Phi) is 8.90. The van der Waals surface area contributed by atoms with Crippen molar-refractivity contribution in [1.29, 1.82) is 0 Å². The average molecular weight is 565 g/mol. The number of para-hydroxylation sites is 2. The molecule has 210 valence electrons. The average Bonchev–Trinajstić information content (AvgIpc) is 2.96. The van der Waals surface area contributed by atoms with Gasteiger partial charge in [0.1, 0.15) is 0 Å². The molecule has 0 aliphatic heterocycles. The van der Waals surface area contributed by atoms with E-state index < -0.39 is 0 Å². The Morgan fingerprint density at radius 2 is 0.854 bits per heavy atom. The van der Waals surface area contributed by atoms with Crippen molar-refractivity contribution in [2.45, 2.75) is 38.5 Å². The van der Waals surface area contributed by atoms with Crippen molar-refractivity contribution in [3.8, 4) is 0 Å². The highest BCUT2D eigenvalue weighted by Crippen LogP contribution is 2.33. The first-order valence-electron chi connectivity index (χ1n) is 14.3. The summed E-state index contributed by atoms with van der Waals surface area (Å²) in [6.45, 7) is 1.89. The molecule has 0 unspecified atom stereocenters. The van der Waals surface area contributed by atoms with Crippen LogP contribution in [0.2, 0.25) is 0 Å². The highest BCUT2D eigenvalue weighted by atomic mass is 35.5. The zero-order chi connectivity index (χ0) is 27.3. The molecule has 6 N–H and O–H groups in total. The number of nitrogen functional groups attached to an aromatic ring is 2. The van der Waals surface area contributed by atoms with E-state index in [0.717, 1.165) is 92.3 Å². The van der Waals surface area contributed by atoms with Crippen LogP contribution >= 0.6 is 12.4 Å². The van der Waals surface area contributed by atoms with E-state index in [-0.39, 0.29) is 12.4 Å². The van der Waals surface area contributed by atoms with Gasteiger partial charge in [-0.2, -0.15) is 0 Å². The number of pyridine rings is 2. The number of anilines is 4. The minimum absolute atomic E-state index is 0. The fourth-order valence-corrected chi connectivity index (χ4v) is 5.58. The number of benzene rings is 4. The number of nitrogens with one attached hydrogen (secondary N) is 2. The van der Waals surface area contributed by atoms with Gasteiger partial charge in [0, 0.05) is 46.0 Å². The van der Waals surface area contributed by atoms with Crippen LogP contribution in [0.25, 0.3) is 43.6 Å². The number of halogens is 1. The van der Waals surface area contributed by atoms with Gasteiger partial charge >= 0.3 is 0 Å². The molecule has 0 amide bonds. The van der Waals surface area contributed by atoms with E-state index in [1.807, 2.05) is 36.4 Å². The number of rotatable bonds is 11. The zero-order valence-corrected chi connectivity index (χ0v) is 24.0. The van der Waals surface area contributed by atoms with E-state index in [1.54, 1.807) is 0 Å². The summed E-state index contributed by atoms with van der Waals surface area (Å²) < 4.78 is 0.